The number of carbonyl (C=O) groups excluding carboxylic acids is 2. The van der Waals surface area contributed by atoms with Gasteiger partial charge in [0.1, 0.15) is 0 Å². The number of aliphatic hydroxyl groups excluding tert-OH is 1. The fourth-order valence-electron chi connectivity index (χ4n) is 2.52. The molecular weight excluding hydrogens is 278 g/mol. The second kappa shape index (κ2) is 5.95. The summed E-state index contributed by atoms with van der Waals surface area (Å²) in [6.07, 6.45) is 3.47. The minimum atomic E-state index is -0.674. The van der Waals surface area contributed by atoms with Crippen LogP contribution >= 0.6 is 0 Å². The third-order valence-electron chi connectivity index (χ3n) is 3.65. The lowest BCUT2D eigenvalue weighted by Crippen LogP contribution is -2.40. The van der Waals surface area contributed by atoms with Crippen molar-refractivity contribution in [3.63, 3.8) is 0 Å². The smallest absolute Gasteiger partial charge is 0.262 e. The largest absolute Gasteiger partial charge is 0.394 e. The molecule has 3 rings (SSSR count). The molecule has 0 unspecified atom stereocenters. The molecule has 1 aliphatic heterocycles. The number of fused-ring (bicyclic) bond motifs is 1. The first-order valence-electron chi connectivity index (χ1n) is 7.03. The van der Waals surface area contributed by atoms with Gasteiger partial charge in [0.2, 0.25) is 0 Å². The molecule has 1 heterocycles. The summed E-state index contributed by atoms with van der Waals surface area (Å²) in [5.41, 5.74) is 1.72. The van der Waals surface area contributed by atoms with Crippen molar-refractivity contribution in [1.29, 1.82) is 0 Å². The molecule has 0 bridgehead atoms. The first-order chi connectivity index (χ1) is 10.7. The van der Waals surface area contributed by atoms with Gasteiger partial charge in [-0.15, -0.1) is 0 Å². The Morgan fingerprint density at radius 1 is 0.909 bits per heavy atom. The van der Waals surface area contributed by atoms with Gasteiger partial charge in [-0.2, -0.15) is 0 Å². The fourth-order valence-corrected chi connectivity index (χ4v) is 2.52. The lowest BCUT2D eigenvalue weighted by Gasteiger charge is -2.21. The molecule has 0 aromatic heterocycles. The van der Waals surface area contributed by atoms with Gasteiger partial charge in [0, 0.05) is 0 Å². The zero-order valence-corrected chi connectivity index (χ0v) is 11.8. The third kappa shape index (κ3) is 2.44. The van der Waals surface area contributed by atoms with E-state index in [0.29, 0.717) is 11.1 Å². The van der Waals surface area contributed by atoms with Crippen molar-refractivity contribution in [3.8, 4) is 0 Å². The number of benzene rings is 2. The molecule has 1 atom stereocenters. The number of nitrogens with zero attached hydrogens (tertiary/aromatic N) is 1. The Balaban J connectivity index is 1.88. The highest BCUT2D eigenvalue weighted by molar-refractivity contribution is 6.21. The zero-order chi connectivity index (χ0) is 15.5. The van der Waals surface area contributed by atoms with E-state index in [1.165, 1.54) is 0 Å². The lowest BCUT2D eigenvalue weighted by atomic mass is 10.1. The summed E-state index contributed by atoms with van der Waals surface area (Å²) in [6.45, 7) is -0.311. The molecular formula is C18H15NO3. The Labute approximate surface area is 128 Å². The van der Waals surface area contributed by atoms with Crippen molar-refractivity contribution in [2.45, 2.75) is 6.04 Å². The molecule has 0 fully saturated rings. The maximum atomic E-state index is 12.4. The van der Waals surface area contributed by atoms with Crippen LogP contribution in [-0.4, -0.2) is 34.5 Å². The predicted molar refractivity (Wildman–Crippen MR) is 83.3 cm³/mol. The van der Waals surface area contributed by atoms with E-state index in [9.17, 15) is 14.7 Å². The van der Waals surface area contributed by atoms with Crippen LogP contribution in [0, 0.1) is 0 Å². The normalized spacial score (nSPS) is 15.4. The summed E-state index contributed by atoms with van der Waals surface area (Å²) in [4.78, 5) is 25.9. The van der Waals surface area contributed by atoms with E-state index in [1.54, 1.807) is 36.4 Å². The second-order valence-corrected chi connectivity index (χ2v) is 5.05. The van der Waals surface area contributed by atoms with Gasteiger partial charge in [-0.3, -0.25) is 14.5 Å². The van der Waals surface area contributed by atoms with Gasteiger partial charge in [-0.1, -0.05) is 54.6 Å². The van der Waals surface area contributed by atoms with Crippen molar-refractivity contribution < 1.29 is 14.7 Å². The average Bonchev–Trinajstić information content (AvgIpc) is 2.82. The molecule has 2 aromatic carbocycles. The predicted octanol–water partition coefficient (Wildman–Crippen LogP) is 2.36. The number of amides is 2. The summed E-state index contributed by atoms with van der Waals surface area (Å²) in [7, 11) is 0. The molecule has 2 amide bonds. The van der Waals surface area contributed by atoms with Crippen LogP contribution in [-0.2, 0) is 0 Å². The number of aliphatic hydroxyl groups is 1. The van der Waals surface area contributed by atoms with E-state index >= 15 is 0 Å². The van der Waals surface area contributed by atoms with Crippen LogP contribution in [0.25, 0.3) is 6.08 Å². The van der Waals surface area contributed by atoms with Crippen LogP contribution in [0.4, 0.5) is 0 Å². The second-order valence-electron chi connectivity index (χ2n) is 5.05. The summed E-state index contributed by atoms with van der Waals surface area (Å²) in [6, 6.07) is 15.6. The molecule has 0 saturated heterocycles. The van der Waals surface area contributed by atoms with Crippen LogP contribution in [0.5, 0.6) is 0 Å². The zero-order valence-electron chi connectivity index (χ0n) is 11.8. The van der Waals surface area contributed by atoms with Crippen LogP contribution in [0.3, 0.4) is 0 Å². The summed E-state index contributed by atoms with van der Waals surface area (Å²) in [5.74, 6) is -0.727. The molecule has 2 aromatic rings. The van der Waals surface area contributed by atoms with Crippen molar-refractivity contribution in [1.82, 2.24) is 4.90 Å². The van der Waals surface area contributed by atoms with Crippen molar-refractivity contribution in [2.24, 2.45) is 0 Å². The van der Waals surface area contributed by atoms with Crippen molar-refractivity contribution >= 4 is 17.9 Å². The topological polar surface area (TPSA) is 57.6 Å². The van der Waals surface area contributed by atoms with Crippen LogP contribution in [0.15, 0.2) is 60.7 Å². The van der Waals surface area contributed by atoms with Gasteiger partial charge >= 0.3 is 0 Å². The number of rotatable bonds is 4. The number of hydrogen-bond donors (Lipinski definition) is 1. The number of carbonyl (C=O) groups is 2. The van der Waals surface area contributed by atoms with Gasteiger partial charge in [0.05, 0.1) is 23.8 Å². The van der Waals surface area contributed by atoms with Gasteiger partial charge < -0.3 is 5.11 Å². The molecule has 0 saturated carbocycles. The van der Waals surface area contributed by atoms with E-state index < -0.39 is 6.04 Å². The molecule has 0 radical (unpaired) electrons. The van der Waals surface area contributed by atoms with E-state index in [4.69, 9.17) is 0 Å². The van der Waals surface area contributed by atoms with Crippen LogP contribution in [0.2, 0.25) is 0 Å². The van der Waals surface area contributed by atoms with Crippen LogP contribution < -0.4 is 0 Å². The maximum absolute atomic E-state index is 12.4. The van der Waals surface area contributed by atoms with Crippen LogP contribution in [0.1, 0.15) is 26.3 Å². The average molecular weight is 293 g/mol. The molecule has 4 nitrogen and oxygen atoms in total. The highest BCUT2D eigenvalue weighted by atomic mass is 16.3. The van der Waals surface area contributed by atoms with E-state index in [1.807, 2.05) is 30.3 Å². The Hall–Kier alpha value is -2.72. The number of hydrogen-bond acceptors (Lipinski definition) is 3. The van der Waals surface area contributed by atoms with Gasteiger partial charge in [-0.05, 0) is 17.7 Å². The van der Waals surface area contributed by atoms with Crippen molar-refractivity contribution in [2.75, 3.05) is 6.61 Å². The molecule has 4 heteroatoms. The molecule has 0 spiro atoms. The highest BCUT2D eigenvalue weighted by Gasteiger charge is 2.38. The quantitative estimate of drug-likeness (QED) is 0.880. The molecule has 22 heavy (non-hydrogen) atoms. The molecule has 110 valence electrons. The summed E-state index contributed by atoms with van der Waals surface area (Å²) < 4.78 is 0. The Bertz CT molecular complexity index is 702. The SMILES string of the molecule is O=C1c2ccccc2C(=O)N1[C@H](/C=C/c1ccccc1)CO. The van der Waals surface area contributed by atoms with Crippen molar-refractivity contribution in [3.05, 3.63) is 77.4 Å². The summed E-state index contributed by atoms with van der Waals surface area (Å²) in [5, 5.41) is 9.58. The minimum Gasteiger partial charge on any atom is -0.394 e. The van der Waals surface area contributed by atoms with Gasteiger partial charge in [0.25, 0.3) is 11.8 Å². The minimum absolute atomic E-state index is 0.311. The third-order valence-corrected chi connectivity index (χ3v) is 3.65. The van der Waals surface area contributed by atoms with E-state index in [0.717, 1.165) is 10.5 Å². The highest BCUT2D eigenvalue weighted by Crippen LogP contribution is 2.25. The van der Waals surface area contributed by atoms with Gasteiger partial charge in [0.15, 0.2) is 0 Å². The maximum Gasteiger partial charge on any atom is 0.262 e. The molecule has 0 aliphatic carbocycles. The van der Waals surface area contributed by atoms with E-state index in [-0.39, 0.29) is 18.4 Å². The first-order valence-corrected chi connectivity index (χ1v) is 7.03. The lowest BCUT2D eigenvalue weighted by molar-refractivity contribution is 0.0565. The number of imide groups is 1. The fraction of sp³-hybridized carbons (Fsp3) is 0.111. The molecule has 1 N–H and O–H groups in total. The first kappa shape index (κ1) is 14.2. The monoisotopic (exact) mass is 293 g/mol. The Kier molecular flexibility index (Phi) is 3.85. The Morgan fingerprint density at radius 3 is 2.00 bits per heavy atom. The standard InChI is InChI=1S/C18H15NO3/c20-12-14(11-10-13-6-2-1-3-7-13)19-17(21)15-8-4-5-9-16(15)18(19)22/h1-11,14,20H,12H2/b11-10+/t14-/m1/s1. The van der Waals surface area contributed by atoms with E-state index in [2.05, 4.69) is 0 Å². The molecule has 1 aliphatic rings. The Morgan fingerprint density at radius 2 is 1.45 bits per heavy atom. The van der Waals surface area contributed by atoms with Gasteiger partial charge in [-0.25, -0.2) is 0 Å². The summed E-state index contributed by atoms with van der Waals surface area (Å²) >= 11 is 0.